The van der Waals surface area contributed by atoms with Crippen LogP contribution in [0.15, 0.2) is 80.0 Å². The van der Waals surface area contributed by atoms with Gasteiger partial charge >= 0.3 is 0 Å². The number of thioether (sulfide) groups is 1. The summed E-state index contributed by atoms with van der Waals surface area (Å²) in [6.07, 6.45) is 0. The van der Waals surface area contributed by atoms with Gasteiger partial charge < -0.3 is 4.42 Å². The van der Waals surface area contributed by atoms with E-state index in [1.54, 1.807) is 12.1 Å². The first-order valence-corrected chi connectivity index (χ1v) is 9.87. The van der Waals surface area contributed by atoms with Gasteiger partial charge in [0, 0.05) is 4.90 Å². The largest absolute Gasteiger partial charge is 0.440 e. The highest BCUT2D eigenvalue weighted by atomic mass is 32.2. The van der Waals surface area contributed by atoms with E-state index in [2.05, 4.69) is 0 Å². The third-order valence-electron chi connectivity index (χ3n) is 3.61. The molecule has 25 heavy (non-hydrogen) atoms. The fourth-order valence-electron chi connectivity index (χ4n) is 2.17. The molecule has 2 aromatic carbocycles. The van der Waals surface area contributed by atoms with Crippen molar-refractivity contribution in [3.8, 4) is 0 Å². The number of hydrogen-bond acceptors (Lipinski definition) is 5. The lowest BCUT2D eigenvalue weighted by atomic mass is 10.2. The Balaban J connectivity index is 1.82. The summed E-state index contributed by atoms with van der Waals surface area (Å²) in [4.78, 5) is 13.2. The molecule has 4 nitrogen and oxygen atoms in total. The second kappa shape index (κ2) is 6.90. The van der Waals surface area contributed by atoms with Gasteiger partial charge in [-0.3, -0.25) is 4.79 Å². The van der Waals surface area contributed by atoms with E-state index in [9.17, 15) is 13.2 Å². The maximum absolute atomic E-state index is 12.6. The van der Waals surface area contributed by atoms with Gasteiger partial charge in [-0.05, 0) is 62.0 Å². The maximum Gasteiger partial charge on any atom is 0.259 e. The Hall–Kier alpha value is -2.31. The van der Waals surface area contributed by atoms with Crippen molar-refractivity contribution in [1.82, 2.24) is 0 Å². The van der Waals surface area contributed by atoms with Crippen LogP contribution in [-0.4, -0.2) is 13.5 Å². The van der Waals surface area contributed by atoms with E-state index in [0.717, 1.165) is 27.8 Å². The summed E-state index contributed by atoms with van der Waals surface area (Å²) in [5.74, 6) is 0.0104. The van der Waals surface area contributed by atoms with Gasteiger partial charge in [-0.15, -0.1) is 0 Å². The molecule has 128 valence electrons. The first-order chi connectivity index (χ1) is 11.9. The Morgan fingerprint density at radius 3 is 2.00 bits per heavy atom. The molecule has 0 amide bonds. The van der Waals surface area contributed by atoms with Crippen LogP contribution in [0.25, 0.3) is 0 Å². The molecule has 0 saturated heterocycles. The second-order valence-corrected chi connectivity index (χ2v) is 8.56. The average Bonchev–Trinajstić information content (AvgIpc) is 3.08. The normalized spacial score (nSPS) is 11.4. The molecule has 0 aliphatic carbocycles. The number of aryl methyl sites for hydroxylation is 2. The maximum atomic E-state index is 12.6. The van der Waals surface area contributed by atoms with Crippen LogP contribution in [0.4, 0.5) is 0 Å². The molecule has 0 radical (unpaired) electrons. The fraction of sp³-hybridized carbons (Fsp3) is 0.105. The predicted molar refractivity (Wildman–Crippen MR) is 96.7 cm³/mol. The second-order valence-electron chi connectivity index (χ2n) is 5.64. The molecular formula is C19H16O4S2. The highest BCUT2D eigenvalue weighted by Crippen LogP contribution is 2.28. The van der Waals surface area contributed by atoms with E-state index < -0.39 is 9.84 Å². The molecule has 0 spiro atoms. The topological polar surface area (TPSA) is 64.3 Å². The Kier molecular flexibility index (Phi) is 4.83. The zero-order valence-electron chi connectivity index (χ0n) is 13.7. The number of carbonyl (C=O) groups excluding carboxylic acids is 1. The standard InChI is InChI=1S/C19H16O4S2/c1-13-3-7-15(8-4-13)24-19(20)17-11-12-18(23-17)25(21,22)16-9-5-14(2)6-10-16/h3-12H,1-2H3. The minimum absolute atomic E-state index is 0.0104. The van der Waals surface area contributed by atoms with Gasteiger partial charge in [0.05, 0.1) is 4.90 Å². The van der Waals surface area contributed by atoms with Crippen molar-refractivity contribution in [2.45, 2.75) is 28.7 Å². The summed E-state index contributed by atoms with van der Waals surface area (Å²) in [5.41, 5.74) is 2.06. The van der Waals surface area contributed by atoms with Crippen molar-refractivity contribution in [3.05, 3.63) is 77.6 Å². The summed E-state index contributed by atoms with van der Waals surface area (Å²) in [7, 11) is -3.78. The van der Waals surface area contributed by atoms with Crippen molar-refractivity contribution < 1.29 is 17.6 Å². The monoisotopic (exact) mass is 372 g/mol. The molecule has 0 fully saturated rings. The molecular weight excluding hydrogens is 356 g/mol. The van der Waals surface area contributed by atoms with Gasteiger partial charge in [0.1, 0.15) is 0 Å². The van der Waals surface area contributed by atoms with Crippen LogP contribution in [0.5, 0.6) is 0 Å². The van der Waals surface area contributed by atoms with Gasteiger partial charge in [-0.2, -0.15) is 0 Å². The van der Waals surface area contributed by atoms with Crippen molar-refractivity contribution in [1.29, 1.82) is 0 Å². The van der Waals surface area contributed by atoms with Crippen LogP contribution in [0, 0.1) is 13.8 Å². The Labute approximate surface area is 150 Å². The molecule has 0 aliphatic heterocycles. The minimum atomic E-state index is -3.78. The Bertz CT molecular complexity index is 998. The van der Waals surface area contributed by atoms with Crippen molar-refractivity contribution >= 4 is 26.7 Å². The van der Waals surface area contributed by atoms with Gasteiger partial charge in [-0.25, -0.2) is 8.42 Å². The zero-order valence-corrected chi connectivity index (χ0v) is 15.4. The molecule has 3 aromatic rings. The molecule has 1 heterocycles. The average molecular weight is 372 g/mol. The van der Waals surface area contributed by atoms with Gasteiger partial charge in [0.25, 0.3) is 5.12 Å². The van der Waals surface area contributed by atoms with E-state index in [1.807, 2.05) is 38.1 Å². The lowest BCUT2D eigenvalue weighted by molar-refractivity contribution is 0.106. The Morgan fingerprint density at radius 1 is 0.840 bits per heavy atom. The molecule has 0 unspecified atom stereocenters. The summed E-state index contributed by atoms with van der Waals surface area (Å²) < 4.78 is 30.5. The van der Waals surface area contributed by atoms with Crippen molar-refractivity contribution in [2.75, 3.05) is 0 Å². The first-order valence-electron chi connectivity index (χ1n) is 7.57. The van der Waals surface area contributed by atoms with Crippen LogP contribution < -0.4 is 0 Å². The van der Waals surface area contributed by atoms with E-state index in [-0.39, 0.29) is 20.9 Å². The van der Waals surface area contributed by atoms with Gasteiger partial charge in [0.15, 0.2) is 5.76 Å². The third kappa shape index (κ3) is 3.86. The van der Waals surface area contributed by atoms with Crippen LogP contribution in [0.1, 0.15) is 21.7 Å². The molecule has 0 aliphatic rings. The minimum Gasteiger partial charge on any atom is -0.440 e. The van der Waals surface area contributed by atoms with Gasteiger partial charge in [-0.1, -0.05) is 35.4 Å². The quantitative estimate of drug-likeness (QED) is 0.623. The van der Waals surface area contributed by atoms with E-state index >= 15 is 0 Å². The zero-order chi connectivity index (χ0) is 18.0. The summed E-state index contributed by atoms with van der Waals surface area (Å²) >= 11 is 1.000. The number of carbonyl (C=O) groups is 1. The van der Waals surface area contributed by atoms with E-state index in [0.29, 0.717) is 0 Å². The highest BCUT2D eigenvalue weighted by molar-refractivity contribution is 8.14. The van der Waals surface area contributed by atoms with Crippen LogP contribution in [0.2, 0.25) is 0 Å². The van der Waals surface area contributed by atoms with Crippen molar-refractivity contribution in [3.63, 3.8) is 0 Å². The molecule has 0 atom stereocenters. The Morgan fingerprint density at radius 2 is 1.40 bits per heavy atom. The number of furan rings is 1. The van der Waals surface area contributed by atoms with E-state index in [4.69, 9.17) is 4.42 Å². The van der Waals surface area contributed by atoms with Crippen LogP contribution >= 0.6 is 11.8 Å². The lowest BCUT2D eigenvalue weighted by Gasteiger charge is -2.02. The molecule has 0 bridgehead atoms. The number of hydrogen-bond donors (Lipinski definition) is 0. The third-order valence-corrected chi connectivity index (χ3v) is 6.15. The SMILES string of the molecule is Cc1ccc(SC(=O)c2ccc(S(=O)(=O)c3ccc(C)cc3)o2)cc1. The van der Waals surface area contributed by atoms with Crippen molar-refractivity contribution in [2.24, 2.45) is 0 Å². The predicted octanol–water partition coefficient (Wildman–Crippen LogP) is 4.66. The number of sulfone groups is 1. The van der Waals surface area contributed by atoms with Crippen LogP contribution in [0.3, 0.4) is 0 Å². The molecule has 6 heteroatoms. The summed E-state index contributed by atoms with van der Waals surface area (Å²) in [5, 5.41) is -0.571. The summed E-state index contributed by atoms with van der Waals surface area (Å²) in [6, 6.07) is 16.7. The first kappa shape index (κ1) is 17.5. The molecule has 1 aromatic heterocycles. The fourth-order valence-corrected chi connectivity index (χ4v) is 4.04. The number of benzene rings is 2. The van der Waals surface area contributed by atoms with Crippen LogP contribution in [-0.2, 0) is 9.84 Å². The number of rotatable bonds is 4. The summed E-state index contributed by atoms with van der Waals surface area (Å²) in [6.45, 7) is 3.84. The smallest absolute Gasteiger partial charge is 0.259 e. The molecule has 0 N–H and O–H groups in total. The van der Waals surface area contributed by atoms with Gasteiger partial charge in [0.2, 0.25) is 14.9 Å². The lowest BCUT2D eigenvalue weighted by Crippen LogP contribution is -2.00. The van der Waals surface area contributed by atoms with E-state index in [1.165, 1.54) is 24.3 Å². The highest BCUT2D eigenvalue weighted by Gasteiger charge is 2.23. The molecule has 0 saturated carbocycles. The molecule has 3 rings (SSSR count).